The minimum Gasteiger partial charge on any atom is -0.393 e. The zero-order chi connectivity index (χ0) is 15.4. The molecule has 1 heterocycles. The van der Waals surface area contributed by atoms with E-state index in [1.54, 1.807) is 6.07 Å². The number of likely N-dealkylation sites (tertiary alicyclic amines) is 1. The van der Waals surface area contributed by atoms with E-state index in [1.807, 2.05) is 16.8 Å². The van der Waals surface area contributed by atoms with Gasteiger partial charge in [-0.3, -0.25) is 19.8 Å². The van der Waals surface area contributed by atoms with E-state index in [4.69, 9.17) is 5.73 Å². The summed E-state index contributed by atoms with van der Waals surface area (Å²) in [6.45, 7) is 2.46. The lowest BCUT2D eigenvalue weighted by atomic mass is 10.1. The van der Waals surface area contributed by atoms with Gasteiger partial charge < -0.3 is 10.6 Å². The number of carbonyl (C=O) groups excluding carboxylic acids is 1. The average molecular weight is 292 g/mol. The van der Waals surface area contributed by atoms with Crippen molar-refractivity contribution < 1.29 is 9.72 Å². The molecule has 1 aliphatic rings. The summed E-state index contributed by atoms with van der Waals surface area (Å²) in [6.07, 6.45) is 2.14. The number of carbonyl (C=O) groups is 1. The van der Waals surface area contributed by atoms with Crippen LogP contribution in [0.4, 0.5) is 11.4 Å². The van der Waals surface area contributed by atoms with Crippen LogP contribution in [0.3, 0.4) is 0 Å². The number of amides is 1. The highest BCUT2D eigenvalue weighted by Gasteiger charge is 2.19. The van der Waals surface area contributed by atoms with Crippen molar-refractivity contribution in [1.29, 1.82) is 0 Å². The van der Waals surface area contributed by atoms with E-state index in [2.05, 4.69) is 0 Å². The van der Waals surface area contributed by atoms with Crippen LogP contribution in [-0.2, 0) is 11.3 Å². The third-order valence-corrected chi connectivity index (χ3v) is 3.61. The number of nitrogens with two attached hydrogens (primary N) is 1. The van der Waals surface area contributed by atoms with Crippen molar-refractivity contribution in [3.63, 3.8) is 0 Å². The number of benzene rings is 1. The highest BCUT2D eigenvalue weighted by molar-refractivity contribution is 5.78. The minimum absolute atomic E-state index is 0.0910. The second-order valence-electron chi connectivity index (χ2n) is 5.41. The Kier molecular flexibility index (Phi) is 4.74. The predicted molar refractivity (Wildman–Crippen MR) is 79.7 cm³/mol. The zero-order valence-electron chi connectivity index (χ0n) is 12.1. The number of nitrogen functional groups attached to an aromatic ring is 1. The van der Waals surface area contributed by atoms with Crippen LogP contribution in [0.25, 0.3) is 0 Å². The van der Waals surface area contributed by atoms with Gasteiger partial charge in [0, 0.05) is 25.7 Å². The smallest absolute Gasteiger partial charge is 0.292 e. The summed E-state index contributed by atoms with van der Waals surface area (Å²) in [6, 6.07) is 4.74. The number of nitrogens with zero attached hydrogens (tertiary/aromatic N) is 3. The first kappa shape index (κ1) is 15.2. The molecule has 0 spiro atoms. The Bertz CT molecular complexity index is 541. The van der Waals surface area contributed by atoms with Crippen LogP contribution in [-0.4, -0.2) is 47.3 Å². The maximum atomic E-state index is 12.0. The Balaban J connectivity index is 1.96. The number of nitro benzene ring substituents is 1. The Morgan fingerprint density at radius 2 is 2.10 bits per heavy atom. The van der Waals surface area contributed by atoms with Crippen molar-refractivity contribution in [3.8, 4) is 0 Å². The van der Waals surface area contributed by atoms with Gasteiger partial charge in [0.1, 0.15) is 5.69 Å². The van der Waals surface area contributed by atoms with Crippen LogP contribution in [0.15, 0.2) is 18.2 Å². The lowest BCUT2D eigenvalue weighted by Gasteiger charge is -2.21. The second-order valence-corrected chi connectivity index (χ2v) is 5.41. The normalized spacial score (nSPS) is 14.7. The highest BCUT2D eigenvalue weighted by atomic mass is 16.6. The van der Waals surface area contributed by atoms with Crippen molar-refractivity contribution in [3.05, 3.63) is 33.9 Å². The molecule has 0 radical (unpaired) electrons. The van der Waals surface area contributed by atoms with Gasteiger partial charge in [0.2, 0.25) is 5.91 Å². The van der Waals surface area contributed by atoms with E-state index < -0.39 is 4.92 Å². The van der Waals surface area contributed by atoms with Gasteiger partial charge in [-0.1, -0.05) is 6.07 Å². The molecular weight excluding hydrogens is 272 g/mol. The molecule has 7 heteroatoms. The van der Waals surface area contributed by atoms with Gasteiger partial charge in [0.05, 0.1) is 11.5 Å². The van der Waals surface area contributed by atoms with Crippen molar-refractivity contribution in [2.75, 3.05) is 32.4 Å². The maximum Gasteiger partial charge on any atom is 0.292 e. The average Bonchev–Trinajstić information content (AvgIpc) is 2.94. The van der Waals surface area contributed by atoms with Crippen LogP contribution >= 0.6 is 0 Å². The first-order valence-corrected chi connectivity index (χ1v) is 6.96. The zero-order valence-corrected chi connectivity index (χ0v) is 12.1. The molecule has 2 N–H and O–H groups in total. The molecule has 7 nitrogen and oxygen atoms in total. The summed E-state index contributed by atoms with van der Waals surface area (Å²) in [5.41, 5.74) is 6.40. The summed E-state index contributed by atoms with van der Waals surface area (Å²) in [5, 5.41) is 10.9. The number of anilines is 1. The van der Waals surface area contributed by atoms with Crippen LogP contribution in [0.1, 0.15) is 18.4 Å². The number of hydrogen-bond donors (Lipinski definition) is 1. The van der Waals surface area contributed by atoms with Crippen LogP contribution in [0.5, 0.6) is 0 Å². The molecule has 1 aromatic carbocycles. The van der Waals surface area contributed by atoms with Gasteiger partial charge in [-0.15, -0.1) is 0 Å². The second kappa shape index (κ2) is 6.53. The fourth-order valence-electron chi connectivity index (χ4n) is 2.51. The Morgan fingerprint density at radius 1 is 1.43 bits per heavy atom. The van der Waals surface area contributed by atoms with Gasteiger partial charge >= 0.3 is 0 Å². The van der Waals surface area contributed by atoms with Crippen molar-refractivity contribution in [2.45, 2.75) is 19.4 Å². The van der Waals surface area contributed by atoms with E-state index in [0.29, 0.717) is 13.1 Å². The van der Waals surface area contributed by atoms with Crippen LogP contribution in [0.2, 0.25) is 0 Å². The number of likely N-dealkylation sites (N-methyl/N-ethyl adjacent to an activating group) is 1. The molecule has 0 aromatic heterocycles. The number of hydrogen-bond acceptors (Lipinski definition) is 5. The van der Waals surface area contributed by atoms with Gasteiger partial charge in [0.15, 0.2) is 0 Å². The molecule has 2 rings (SSSR count). The fraction of sp³-hybridized carbons (Fsp3) is 0.500. The molecule has 0 atom stereocenters. The molecule has 21 heavy (non-hydrogen) atoms. The lowest BCUT2D eigenvalue weighted by Crippen LogP contribution is -2.36. The SMILES string of the molecule is CN(CC(=O)N1CCCC1)Cc1ccc(N)c([N+](=O)[O-])c1. The Morgan fingerprint density at radius 3 is 2.71 bits per heavy atom. The largest absolute Gasteiger partial charge is 0.393 e. The monoisotopic (exact) mass is 292 g/mol. The number of rotatable bonds is 5. The molecule has 1 saturated heterocycles. The minimum atomic E-state index is -0.492. The van der Waals surface area contributed by atoms with Crippen molar-refractivity contribution in [1.82, 2.24) is 9.80 Å². The summed E-state index contributed by atoms with van der Waals surface area (Å²) in [7, 11) is 1.83. The lowest BCUT2D eigenvalue weighted by molar-refractivity contribution is -0.384. The summed E-state index contributed by atoms with van der Waals surface area (Å²) < 4.78 is 0. The molecule has 0 bridgehead atoms. The quantitative estimate of drug-likeness (QED) is 0.500. The van der Waals surface area contributed by atoms with E-state index in [9.17, 15) is 14.9 Å². The van der Waals surface area contributed by atoms with E-state index in [1.165, 1.54) is 12.1 Å². The fourth-order valence-corrected chi connectivity index (χ4v) is 2.51. The van der Waals surface area contributed by atoms with Crippen LogP contribution in [0, 0.1) is 10.1 Å². The van der Waals surface area contributed by atoms with Crippen LogP contribution < -0.4 is 5.73 Å². The first-order valence-electron chi connectivity index (χ1n) is 6.96. The molecule has 114 valence electrons. The molecule has 1 fully saturated rings. The topological polar surface area (TPSA) is 92.7 Å². The molecule has 0 saturated carbocycles. The maximum absolute atomic E-state index is 12.0. The molecule has 1 aliphatic heterocycles. The van der Waals surface area contributed by atoms with Gasteiger partial charge in [-0.25, -0.2) is 0 Å². The van der Waals surface area contributed by atoms with E-state index in [0.717, 1.165) is 31.5 Å². The summed E-state index contributed by atoms with van der Waals surface area (Å²) >= 11 is 0. The van der Waals surface area contributed by atoms with Gasteiger partial charge in [0.25, 0.3) is 5.69 Å². The molecular formula is C14H20N4O3. The standard InChI is InChI=1S/C14H20N4O3/c1-16(10-14(19)17-6-2-3-7-17)9-11-4-5-12(15)13(8-11)18(20)21/h4-5,8H,2-3,6-7,9-10,15H2,1H3. The third-order valence-electron chi connectivity index (χ3n) is 3.61. The van der Waals surface area contributed by atoms with Crippen molar-refractivity contribution in [2.24, 2.45) is 0 Å². The highest BCUT2D eigenvalue weighted by Crippen LogP contribution is 2.22. The summed E-state index contributed by atoms with van der Waals surface area (Å²) in [5.74, 6) is 0.111. The summed E-state index contributed by atoms with van der Waals surface area (Å²) in [4.78, 5) is 26.1. The van der Waals surface area contributed by atoms with E-state index >= 15 is 0 Å². The molecule has 0 aliphatic carbocycles. The van der Waals surface area contributed by atoms with Crippen molar-refractivity contribution >= 4 is 17.3 Å². The third kappa shape index (κ3) is 3.91. The number of nitro groups is 1. The molecule has 0 unspecified atom stereocenters. The van der Waals surface area contributed by atoms with E-state index in [-0.39, 0.29) is 17.3 Å². The first-order chi connectivity index (χ1) is 9.97. The van der Waals surface area contributed by atoms with Gasteiger partial charge in [-0.05, 0) is 31.5 Å². The molecule has 1 aromatic rings. The Hall–Kier alpha value is -2.15. The Labute approximate surface area is 123 Å². The predicted octanol–water partition coefficient (Wildman–Crippen LogP) is 1.23. The molecule has 1 amide bonds. The van der Waals surface area contributed by atoms with Gasteiger partial charge in [-0.2, -0.15) is 0 Å².